The van der Waals surface area contributed by atoms with Crippen molar-refractivity contribution in [2.75, 3.05) is 13.2 Å². The molecule has 158 valence electrons. The SMILES string of the molecule is C=C1C(=O)C23CC1CCC2C12COC(O)C1C(C)(COC(C)=O)CCC2OC3=O. The number of esters is 2. The first-order chi connectivity index (χ1) is 13.7. The average molecular weight is 404 g/mol. The van der Waals surface area contributed by atoms with Crippen molar-refractivity contribution in [1.82, 2.24) is 0 Å². The van der Waals surface area contributed by atoms with Crippen LogP contribution in [-0.2, 0) is 28.6 Å². The molecule has 0 amide bonds. The molecule has 0 radical (unpaired) electrons. The van der Waals surface area contributed by atoms with Gasteiger partial charge >= 0.3 is 11.9 Å². The number of hydrogen-bond acceptors (Lipinski definition) is 7. The molecule has 0 aromatic rings. The van der Waals surface area contributed by atoms with Crippen LogP contribution >= 0.6 is 0 Å². The summed E-state index contributed by atoms with van der Waals surface area (Å²) in [4.78, 5) is 38.0. The fourth-order valence-electron chi connectivity index (χ4n) is 7.54. The van der Waals surface area contributed by atoms with Gasteiger partial charge in [-0.3, -0.25) is 14.4 Å². The van der Waals surface area contributed by atoms with Gasteiger partial charge in [-0.25, -0.2) is 0 Å². The molecule has 2 bridgehead atoms. The topological polar surface area (TPSA) is 99.1 Å². The molecule has 1 N–H and O–H groups in total. The Balaban J connectivity index is 1.63. The fraction of sp³-hybridized carbons (Fsp3) is 0.773. The number of aliphatic hydroxyl groups is 1. The zero-order chi connectivity index (χ0) is 20.8. The Morgan fingerprint density at radius 1 is 1.31 bits per heavy atom. The van der Waals surface area contributed by atoms with Crippen LogP contribution in [0, 0.1) is 34.0 Å². The number of carbonyl (C=O) groups excluding carboxylic acids is 3. The molecule has 3 saturated carbocycles. The molecule has 8 unspecified atom stereocenters. The van der Waals surface area contributed by atoms with Gasteiger partial charge in [0, 0.05) is 23.7 Å². The highest BCUT2D eigenvalue weighted by molar-refractivity contribution is 6.15. The Bertz CT molecular complexity index is 820. The molecule has 2 heterocycles. The van der Waals surface area contributed by atoms with Gasteiger partial charge in [-0.2, -0.15) is 0 Å². The third-order valence-corrected chi connectivity index (χ3v) is 8.72. The lowest BCUT2D eigenvalue weighted by Gasteiger charge is -2.61. The van der Waals surface area contributed by atoms with Gasteiger partial charge in [0.05, 0.1) is 13.2 Å². The minimum atomic E-state index is -1.21. The van der Waals surface area contributed by atoms with Crippen molar-refractivity contribution in [2.24, 2.45) is 34.0 Å². The van der Waals surface area contributed by atoms with Gasteiger partial charge < -0.3 is 19.3 Å². The Morgan fingerprint density at radius 2 is 2.07 bits per heavy atom. The number of allylic oxidation sites excluding steroid dienone is 1. The van der Waals surface area contributed by atoms with Crippen molar-refractivity contribution in [2.45, 2.75) is 58.3 Å². The maximum absolute atomic E-state index is 13.3. The van der Waals surface area contributed by atoms with E-state index in [-0.39, 0.29) is 42.7 Å². The highest BCUT2D eigenvalue weighted by Gasteiger charge is 2.77. The fourth-order valence-corrected chi connectivity index (χ4v) is 7.54. The predicted molar refractivity (Wildman–Crippen MR) is 99.1 cm³/mol. The normalized spacial score (nSPS) is 50.4. The molecule has 29 heavy (non-hydrogen) atoms. The summed E-state index contributed by atoms with van der Waals surface area (Å²) in [6.07, 6.45) is 1.74. The summed E-state index contributed by atoms with van der Waals surface area (Å²) in [7, 11) is 0. The van der Waals surface area contributed by atoms with Crippen LogP contribution in [-0.4, -0.2) is 48.4 Å². The van der Waals surface area contributed by atoms with Crippen LogP contribution in [0.4, 0.5) is 0 Å². The second kappa shape index (κ2) is 5.91. The highest BCUT2D eigenvalue weighted by atomic mass is 16.6. The Labute approximate surface area is 169 Å². The molecule has 5 aliphatic rings. The number of aliphatic hydroxyl groups excluding tert-OH is 1. The van der Waals surface area contributed by atoms with E-state index in [1.807, 2.05) is 6.92 Å². The molecular formula is C22H28O7. The third-order valence-electron chi connectivity index (χ3n) is 8.72. The number of ketones is 1. The van der Waals surface area contributed by atoms with Gasteiger partial charge in [0.25, 0.3) is 0 Å². The van der Waals surface area contributed by atoms with Gasteiger partial charge in [0.1, 0.15) is 11.5 Å². The molecule has 3 aliphatic carbocycles. The first-order valence-corrected chi connectivity index (χ1v) is 10.5. The molecule has 2 saturated heterocycles. The largest absolute Gasteiger partial charge is 0.465 e. The van der Waals surface area contributed by atoms with E-state index in [1.165, 1.54) is 6.92 Å². The van der Waals surface area contributed by atoms with Gasteiger partial charge in [0.2, 0.25) is 0 Å². The number of carbonyl (C=O) groups is 3. The van der Waals surface area contributed by atoms with Gasteiger partial charge in [-0.15, -0.1) is 0 Å². The predicted octanol–water partition coefficient (Wildman–Crippen LogP) is 1.77. The number of fused-ring (bicyclic) bond motifs is 1. The standard InChI is InChI=1S/C22H28O7/c1-11-13-4-5-14-21(8-13,17(11)24)19(26)29-15-6-7-20(3,9-27-12(2)23)16-18(25)28-10-22(14,15)16/h13-16,18,25H,1,4-10H2,2-3H3. The van der Waals surface area contributed by atoms with Crippen LogP contribution in [0.1, 0.15) is 46.0 Å². The molecule has 5 rings (SSSR count). The molecule has 0 aromatic heterocycles. The third kappa shape index (κ3) is 2.18. The van der Waals surface area contributed by atoms with Crippen LogP contribution in [0.15, 0.2) is 12.2 Å². The Kier molecular flexibility index (Phi) is 3.92. The van der Waals surface area contributed by atoms with Crippen molar-refractivity contribution < 1.29 is 33.7 Å². The second-order valence-electron chi connectivity index (χ2n) is 10.0. The number of hydrogen-bond donors (Lipinski definition) is 1. The molecular weight excluding hydrogens is 376 g/mol. The molecule has 7 nitrogen and oxygen atoms in total. The second-order valence-corrected chi connectivity index (χ2v) is 10.0. The zero-order valence-corrected chi connectivity index (χ0v) is 16.9. The summed E-state index contributed by atoms with van der Waals surface area (Å²) in [5.74, 6) is -1.60. The van der Waals surface area contributed by atoms with Crippen molar-refractivity contribution in [3.05, 3.63) is 12.2 Å². The highest BCUT2D eigenvalue weighted by Crippen LogP contribution is 2.71. The molecule has 0 aromatic carbocycles. The van der Waals surface area contributed by atoms with Crippen LogP contribution in [0.2, 0.25) is 0 Å². The lowest BCUT2D eigenvalue weighted by molar-refractivity contribution is -0.242. The van der Waals surface area contributed by atoms with Crippen LogP contribution in [0.3, 0.4) is 0 Å². The van der Waals surface area contributed by atoms with E-state index in [4.69, 9.17) is 14.2 Å². The van der Waals surface area contributed by atoms with E-state index in [9.17, 15) is 19.5 Å². The van der Waals surface area contributed by atoms with E-state index in [0.29, 0.717) is 31.3 Å². The summed E-state index contributed by atoms with van der Waals surface area (Å²) in [5, 5.41) is 10.9. The Hall–Kier alpha value is -1.73. The summed E-state index contributed by atoms with van der Waals surface area (Å²) in [6, 6.07) is 0. The number of Topliss-reactive ketones (excluding diaryl/α,β-unsaturated/α-hetero) is 1. The minimum Gasteiger partial charge on any atom is -0.465 e. The Morgan fingerprint density at radius 3 is 2.79 bits per heavy atom. The summed E-state index contributed by atoms with van der Waals surface area (Å²) in [5.41, 5.74) is -1.86. The average Bonchev–Trinajstić information content (AvgIpc) is 3.13. The van der Waals surface area contributed by atoms with Gasteiger partial charge in [-0.1, -0.05) is 13.5 Å². The van der Waals surface area contributed by atoms with Gasteiger partial charge in [0.15, 0.2) is 12.1 Å². The lowest BCUT2D eigenvalue weighted by atomic mass is 9.44. The quantitative estimate of drug-likeness (QED) is 0.425. The van der Waals surface area contributed by atoms with Crippen LogP contribution in [0.25, 0.3) is 0 Å². The van der Waals surface area contributed by atoms with Crippen molar-refractivity contribution >= 4 is 17.7 Å². The van der Waals surface area contributed by atoms with Crippen molar-refractivity contribution in [3.63, 3.8) is 0 Å². The zero-order valence-electron chi connectivity index (χ0n) is 16.9. The first kappa shape index (κ1) is 19.2. The van der Waals surface area contributed by atoms with Crippen molar-refractivity contribution in [1.29, 1.82) is 0 Å². The first-order valence-electron chi connectivity index (χ1n) is 10.5. The van der Waals surface area contributed by atoms with E-state index in [1.54, 1.807) is 0 Å². The smallest absolute Gasteiger partial charge is 0.320 e. The van der Waals surface area contributed by atoms with Crippen LogP contribution < -0.4 is 0 Å². The van der Waals surface area contributed by atoms with E-state index >= 15 is 0 Å². The molecule has 7 heteroatoms. The van der Waals surface area contributed by atoms with Crippen molar-refractivity contribution in [3.8, 4) is 0 Å². The minimum absolute atomic E-state index is 0.0287. The van der Waals surface area contributed by atoms with Gasteiger partial charge in [-0.05, 0) is 49.5 Å². The molecule has 5 fully saturated rings. The summed E-state index contributed by atoms with van der Waals surface area (Å²) < 4.78 is 17.2. The number of ether oxygens (including phenoxy) is 3. The molecule has 2 aliphatic heterocycles. The maximum Gasteiger partial charge on any atom is 0.320 e. The monoisotopic (exact) mass is 404 g/mol. The molecule has 8 atom stereocenters. The maximum atomic E-state index is 13.3. The van der Waals surface area contributed by atoms with E-state index < -0.39 is 34.6 Å². The summed E-state index contributed by atoms with van der Waals surface area (Å²) in [6.45, 7) is 7.76. The lowest BCUT2D eigenvalue weighted by Crippen LogP contribution is -2.68. The summed E-state index contributed by atoms with van der Waals surface area (Å²) >= 11 is 0. The number of rotatable bonds is 2. The molecule has 2 spiro atoms. The van der Waals surface area contributed by atoms with Crippen LogP contribution in [0.5, 0.6) is 0 Å². The van der Waals surface area contributed by atoms with E-state index in [0.717, 1.165) is 6.42 Å². The van der Waals surface area contributed by atoms with E-state index in [2.05, 4.69) is 6.58 Å².